The Morgan fingerprint density at radius 1 is 1.04 bits per heavy atom. The summed E-state index contributed by atoms with van der Waals surface area (Å²) >= 11 is 0. The molecule has 2 saturated carbocycles. The third-order valence-electron chi connectivity index (χ3n) is 6.51. The number of rotatable bonds is 7. The SMILES string of the molecule is CC(=O)N[C@@H](c1ccccn1)C1CCC(CNC(=O)CC2CCCCC2)CC1. The number of nitrogens with one attached hydrogen (secondary N) is 2. The molecule has 154 valence electrons. The smallest absolute Gasteiger partial charge is 0.220 e. The summed E-state index contributed by atoms with van der Waals surface area (Å²) in [4.78, 5) is 28.4. The van der Waals surface area contributed by atoms with Crippen molar-refractivity contribution in [1.29, 1.82) is 0 Å². The van der Waals surface area contributed by atoms with E-state index in [1.165, 1.54) is 32.1 Å². The molecule has 1 atom stereocenters. The number of carbonyl (C=O) groups is 2. The summed E-state index contributed by atoms with van der Waals surface area (Å²) < 4.78 is 0. The Kier molecular flexibility index (Phi) is 7.87. The van der Waals surface area contributed by atoms with E-state index in [1.54, 1.807) is 13.1 Å². The van der Waals surface area contributed by atoms with Crippen LogP contribution in [0.5, 0.6) is 0 Å². The number of amides is 2. The van der Waals surface area contributed by atoms with Crippen LogP contribution < -0.4 is 10.6 Å². The van der Waals surface area contributed by atoms with Gasteiger partial charge in [-0.25, -0.2) is 0 Å². The Labute approximate surface area is 169 Å². The van der Waals surface area contributed by atoms with E-state index in [4.69, 9.17) is 0 Å². The first-order valence-electron chi connectivity index (χ1n) is 11.1. The molecule has 0 aromatic carbocycles. The van der Waals surface area contributed by atoms with Gasteiger partial charge in [-0.15, -0.1) is 0 Å². The lowest BCUT2D eigenvalue weighted by molar-refractivity contribution is -0.123. The van der Waals surface area contributed by atoms with Crippen molar-refractivity contribution in [2.24, 2.45) is 17.8 Å². The summed E-state index contributed by atoms with van der Waals surface area (Å²) in [5.41, 5.74) is 0.946. The minimum absolute atomic E-state index is 0.00671. The Morgan fingerprint density at radius 3 is 2.43 bits per heavy atom. The minimum atomic E-state index is -0.0134. The number of hydrogen-bond acceptors (Lipinski definition) is 3. The van der Waals surface area contributed by atoms with Gasteiger partial charge < -0.3 is 10.6 Å². The second-order valence-corrected chi connectivity index (χ2v) is 8.73. The molecule has 0 aliphatic heterocycles. The number of hydrogen-bond donors (Lipinski definition) is 2. The molecule has 2 aliphatic carbocycles. The Morgan fingerprint density at radius 2 is 1.79 bits per heavy atom. The van der Waals surface area contributed by atoms with Gasteiger partial charge in [0.25, 0.3) is 0 Å². The van der Waals surface area contributed by atoms with Crippen molar-refractivity contribution in [3.8, 4) is 0 Å². The summed E-state index contributed by atoms with van der Waals surface area (Å²) in [5.74, 6) is 1.79. The van der Waals surface area contributed by atoms with Gasteiger partial charge in [-0.1, -0.05) is 25.3 Å². The average molecular weight is 386 g/mol. The zero-order valence-corrected chi connectivity index (χ0v) is 17.2. The second kappa shape index (κ2) is 10.6. The number of aromatic nitrogens is 1. The molecule has 1 aromatic heterocycles. The van der Waals surface area contributed by atoms with Crippen LogP contribution in [0.15, 0.2) is 24.4 Å². The van der Waals surface area contributed by atoms with Gasteiger partial charge in [0.15, 0.2) is 0 Å². The largest absolute Gasteiger partial charge is 0.356 e. The van der Waals surface area contributed by atoms with E-state index in [-0.39, 0.29) is 17.9 Å². The van der Waals surface area contributed by atoms with Crippen molar-refractivity contribution >= 4 is 11.8 Å². The maximum absolute atomic E-state index is 12.3. The summed E-state index contributed by atoms with van der Waals surface area (Å²) in [5, 5.41) is 6.29. The zero-order chi connectivity index (χ0) is 19.8. The molecule has 0 unspecified atom stereocenters. The van der Waals surface area contributed by atoms with Gasteiger partial charge in [-0.05, 0) is 68.4 Å². The van der Waals surface area contributed by atoms with E-state index in [0.29, 0.717) is 24.2 Å². The Hall–Kier alpha value is -1.91. The molecular weight excluding hydrogens is 350 g/mol. The highest BCUT2D eigenvalue weighted by Gasteiger charge is 2.30. The average Bonchev–Trinajstić information content (AvgIpc) is 2.72. The highest BCUT2D eigenvalue weighted by molar-refractivity contribution is 5.76. The summed E-state index contributed by atoms with van der Waals surface area (Å²) in [6.07, 6.45) is 13.1. The number of pyridine rings is 1. The molecule has 0 saturated heterocycles. The lowest BCUT2D eigenvalue weighted by Crippen LogP contribution is -2.37. The second-order valence-electron chi connectivity index (χ2n) is 8.73. The summed E-state index contributed by atoms with van der Waals surface area (Å²) in [6.45, 7) is 2.37. The fourth-order valence-electron chi connectivity index (χ4n) is 4.92. The van der Waals surface area contributed by atoms with Crippen LogP contribution in [-0.4, -0.2) is 23.3 Å². The molecule has 5 nitrogen and oxygen atoms in total. The Bertz CT molecular complexity index is 620. The lowest BCUT2D eigenvalue weighted by atomic mass is 9.77. The van der Waals surface area contributed by atoms with Gasteiger partial charge in [-0.2, -0.15) is 0 Å². The van der Waals surface area contributed by atoms with E-state index in [0.717, 1.165) is 37.9 Å². The van der Waals surface area contributed by atoms with E-state index >= 15 is 0 Å². The van der Waals surface area contributed by atoms with E-state index in [2.05, 4.69) is 15.6 Å². The minimum Gasteiger partial charge on any atom is -0.356 e. The lowest BCUT2D eigenvalue weighted by Gasteiger charge is -2.34. The Balaban J connectivity index is 1.43. The summed E-state index contributed by atoms with van der Waals surface area (Å²) in [7, 11) is 0. The molecule has 1 heterocycles. The number of carbonyl (C=O) groups excluding carboxylic acids is 2. The fraction of sp³-hybridized carbons (Fsp3) is 0.696. The third-order valence-corrected chi connectivity index (χ3v) is 6.51. The van der Waals surface area contributed by atoms with Crippen molar-refractivity contribution in [3.05, 3.63) is 30.1 Å². The maximum atomic E-state index is 12.3. The molecule has 2 aliphatic rings. The van der Waals surface area contributed by atoms with Gasteiger partial charge in [0.2, 0.25) is 11.8 Å². The molecule has 28 heavy (non-hydrogen) atoms. The fourth-order valence-corrected chi connectivity index (χ4v) is 4.92. The van der Waals surface area contributed by atoms with Gasteiger partial charge in [0, 0.05) is 26.1 Å². The van der Waals surface area contributed by atoms with Crippen LogP contribution in [0.1, 0.15) is 82.9 Å². The standard InChI is InChI=1S/C23H35N3O2/c1-17(27)26-23(21-9-5-6-14-24-21)20-12-10-19(11-13-20)16-25-22(28)15-18-7-3-2-4-8-18/h5-6,9,14,18-20,23H,2-4,7-8,10-13,15-16H2,1H3,(H,25,28)(H,26,27)/t19?,20?,23-/m1/s1. The maximum Gasteiger partial charge on any atom is 0.220 e. The molecule has 2 N–H and O–H groups in total. The van der Waals surface area contributed by atoms with E-state index in [1.807, 2.05) is 18.2 Å². The molecular formula is C23H35N3O2. The van der Waals surface area contributed by atoms with Gasteiger partial charge >= 0.3 is 0 Å². The van der Waals surface area contributed by atoms with Gasteiger partial charge in [-0.3, -0.25) is 14.6 Å². The highest BCUT2D eigenvalue weighted by Crippen LogP contribution is 2.36. The molecule has 2 amide bonds. The monoisotopic (exact) mass is 385 g/mol. The van der Waals surface area contributed by atoms with E-state index < -0.39 is 0 Å². The molecule has 1 aromatic rings. The van der Waals surface area contributed by atoms with Crippen LogP contribution in [0, 0.1) is 17.8 Å². The van der Waals surface area contributed by atoms with Crippen molar-refractivity contribution < 1.29 is 9.59 Å². The topological polar surface area (TPSA) is 71.1 Å². The van der Waals surface area contributed by atoms with Crippen LogP contribution in [0.4, 0.5) is 0 Å². The van der Waals surface area contributed by atoms with E-state index in [9.17, 15) is 9.59 Å². The number of nitrogens with zero attached hydrogens (tertiary/aromatic N) is 1. The first-order valence-corrected chi connectivity index (χ1v) is 11.1. The van der Waals surface area contributed by atoms with Crippen LogP contribution in [0.25, 0.3) is 0 Å². The third kappa shape index (κ3) is 6.32. The predicted molar refractivity (Wildman–Crippen MR) is 110 cm³/mol. The van der Waals surface area contributed by atoms with Crippen molar-refractivity contribution in [2.45, 2.75) is 77.2 Å². The normalized spacial score (nSPS) is 24.3. The first-order chi connectivity index (χ1) is 13.6. The highest BCUT2D eigenvalue weighted by atomic mass is 16.2. The van der Waals surface area contributed by atoms with Crippen molar-refractivity contribution in [2.75, 3.05) is 6.54 Å². The van der Waals surface area contributed by atoms with Crippen LogP contribution in [0.2, 0.25) is 0 Å². The predicted octanol–water partition coefficient (Wildman–Crippen LogP) is 4.15. The van der Waals surface area contributed by atoms with Gasteiger partial charge in [0.1, 0.15) is 0 Å². The van der Waals surface area contributed by atoms with Crippen LogP contribution >= 0.6 is 0 Å². The van der Waals surface area contributed by atoms with Crippen molar-refractivity contribution in [1.82, 2.24) is 15.6 Å². The molecule has 0 bridgehead atoms. The molecule has 5 heteroatoms. The molecule has 0 spiro atoms. The zero-order valence-electron chi connectivity index (χ0n) is 17.2. The molecule has 0 radical (unpaired) electrons. The van der Waals surface area contributed by atoms with Crippen molar-refractivity contribution in [3.63, 3.8) is 0 Å². The van der Waals surface area contributed by atoms with Gasteiger partial charge in [0.05, 0.1) is 11.7 Å². The molecule has 3 rings (SSSR count). The van der Waals surface area contributed by atoms with Crippen LogP contribution in [0.3, 0.4) is 0 Å². The quantitative estimate of drug-likeness (QED) is 0.741. The summed E-state index contributed by atoms with van der Waals surface area (Å²) in [6, 6.07) is 5.87. The molecule has 2 fully saturated rings. The van der Waals surface area contributed by atoms with Crippen LogP contribution in [-0.2, 0) is 9.59 Å². The first kappa shape index (κ1) is 20.8.